The molecule has 128 valence electrons. The summed E-state index contributed by atoms with van der Waals surface area (Å²) >= 11 is 0. The van der Waals surface area contributed by atoms with Crippen LogP contribution in [0.1, 0.15) is 16.8 Å². The topological polar surface area (TPSA) is 67.2 Å². The number of benzene rings is 2. The van der Waals surface area contributed by atoms with E-state index in [4.69, 9.17) is 0 Å². The number of H-pyrrole nitrogens is 1. The first-order valence-electron chi connectivity index (χ1n) is 8.33. The summed E-state index contributed by atoms with van der Waals surface area (Å²) in [6, 6.07) is 15.1. The second-order valence-corrected chi connectivity index (χ2v) is 6.35. The predicted octanol–water partition coefficient (Wildman–Crippen LogP) is 1.81. The monoisotopic (exact) mass is 343 g/mol. The van der Waals surface area contributed by atoms with E-state index in [9.17, 15) is 9.59 Å². The molecule has 2 aromatic carbocycles. The number of nitrogens with zero attached hydrogens (tertiary/aromatic N) is 2. The van der Waals surface area contributed by atoms with Gasteiger partial charge >= 0.3 is 0 Å². The van der Waals surface area contributed by atoms with Crippen LogP contribution in [0.2, 0.25) is 0 Å². The van der Waals surface area contributed by atoms with Crippen LogP contribution in [0.25, 0.3) is 17.8 Å². The molecule has 4 rings (SSSR count). The molecule has 0 radical (unpaired) electrons. The van der Waals surface area contributed by atoms with E-state index < -0.39 is 0 Å². The molecule has 5 heteroatoms. The number of carbonyl (C=O) groups excluding carboxylic acids is 1. The minimum absolute atomic E-state index is 0.197. The fourth-order valence-electron chi connectivity index (χ4n) is 3.04. The summed E-state index contributed by atoms with van der Waals surface area (Å²) in [5, 5.41) is 4.61. The normalized spacial score (nSPS) is 14.7. The van der Waals surface area contributed by atoms with Crippen LogP contribution in [0.4, 0.5) is 0 Å². The van der Waals surface area contributed by atoms with Crippen LogP contribution in [0.5, 0.6) is 0 Å². The molecule has 1 amide bonds. The molecule has 0 saturated carbocycles. The number of amides is 1. The number of aromatic nitrogens is 2. The second kappa shape index (κ2) is 6.11. The van der Waals surface area contributed by atoms with E-state index in [-0.39, 0.29) is 11.5 Å². The molecule has 0 atom stereocenters. The summed E-state index contributed by atoms with van der Waals surface area (Å²) in [5.41, 5.74) is 3.20. The van der Waals surface area contributed by atoms with E-state index in [0.717, 1.165) is 16.5 Å². The Morgan fingerprint density at radius 2 is 1.81 bits per heavy atom. The average molecular weight is 343 g/mol. The minimum Gasteiger partial charge on any atom is -0.295 e. The largest absolute Gasteiger partial charge is 0.295 e. The number of aryl methyl sites for hydroxylation is 2. The van der Waals surface area contributed by atoms with Crippen LogP contribution in [-0.4, -0.2) is 15.7 Å². The maximum absolute atomic E-state index is 12.8. The fraction of sp³-hybridized carbons (Fsp3) is 0.0952. The van der Waals surface area contributed by atoms with Crippen LogP contribution < -0.4 is 16.1 Å². The Kier molecular flexibility index (Phi) is 3.77. The second-order valence-electron chi connectivity index (χ2n) is 6.35. The summed E-state index contributed by atoms with van der Waals surface area (Å²) in [6.07, 6.45) is 3.40. The highest BCUT2D eigenvalue weighted by Gasteiger charge is 2.15. The van der Waals surface area contributed by atoms with Crippen molar-refractivity contribution in [1.82, 2.24) is 9.78 Å². The van der Waals surface area contributed by atoms with E-state index >= 15 is 0 Å². The van der Waals surface area contributed by atoms with Crippen LogP contribution in [0, 0.1) is 13.8 Å². The van der Waals surface area contributed by atoms with Gasteiger partial charge in [-0.1, -0.05) is 29.8 Å². The van der Waals surface area contributed by atoms with Gasteiger partial charge in [-0.2, -0.15) is 0 Å². The van der Waals surface area contributed by atoms with Crippen molar-refractivity contribution in [2.75, 3.05) is 0 Å². The van der Waals surface area contributed by atoms with Crippen molar-refractivity contribution in [3.05, 3.63) is 91.9 Å². The van der Waals surface area contributed by atoms with Crippen molar-refractivity contribution in [2.24, 2.45) is 4.99 Å². The number of rotatable bonds is 2. The zero-order chi connectivity index (χ0) is 18.3. The Labute approximate surface area is 149 Å². The standard InChI is InChI=1S/C21H17N3O2/c1-13-8-9-19-15(10-13)11-16(20(25)22-19)12-18-14(2)23-24(21(18)26)17-6-4-3-5-7-17/h3-12,23H,1-2H3. The van der Waals surface area contributed by atoms with Gasteiger partial charge in [0.25, 0.3) is 11.5 Å². The Morgan fingerprint density at radius 3 is 2.58 bits per heavy atom. The molecule has 0 unspecified atom stereocenters. The molecule has 1 N–H and O–H groups in total. The first kappa shape index (κ1) is 16.0. The quantitative estimate of drug-likeness (QED) is 0.721. The molecule has 0 bridgehead atoms. The number of hydrogen-bond acceptors (Lipinski definition) is 2. The molecule has 0 aliphatic carbocycles. The molecular weight excluding hydrogens is 326 g/mol. The smallest absolute Gasteiger partial charge is 0.278 e. The third kappa shape index (κ3) is 2.73. The van der Waals surface area contributed by atoms with Gasteiger partial charge in [-0.25, -0.2) is 9.67 Å². The summed E-state index contributed by atoms with van der Waals surface area (Å²) in [4.78, 5) is 29.3. The number of carbonyl (C=O) groups is 1. The van der Waals surface area contributed by atoms with Crippen LogP contribution in [0.15, 0.2) is 63.9 Å². The number of hydrogen-bond donors (Lipinski definition) is 1. The van der Waals surface area contributed by atoms with Gasteiger partial charge in [0.2, 0.25) is 0 Å². The molecular formula is C21H17N3O2. The molecule has 0 fully saturated rings. The van der Waals surface area contributed by atoms with E-state index in [1.54, 1.807) is 12.2 Å². The van der Waals surface area contributed by atoms with Crippen LogP contribution in [0.3, 0.4) is 0 Å². The third-order valence-electron chi connectivity index (χ3n) is 4.39. The van der Waals surface area contributed by atoms with Gasteiger partial charge in [-0.3, -0.25) is 14.7 Å². The van der Waals surface area contributed by atoms with Gasteiger partial charge in [-0.15, -0.1) is 0 Å². The molecule has 0 spiro atoms. The predicted molar refractivity (Wildman–Crippen MR) is 101 cm³/mol. The van der Waals surface area contributed by atoms with Crippen LogP contribution >= 0.6 is 0 Å². The zero-order valence-corrected chi connectivity index (χ0v) is 14.5. The Morgan fingerprint density at radius 1 is 1.04 bits per heavy atom. The number of nitrogens with one attached hydrogen (secondary N) is 1. The lowest BCUT2D eigenvalue weighted by Crippen LogP contribution is -2.30. The van der Waals surface area contributed by atoms with Gasteiger partial charge < -0.3 is 0 Å². The van der Waals surface area contributed by atoms with E-state index in [0.29, 0.717) is 22.2 Å². The van der Waals surface area contributed by atoms with E-state index in [1.807, 2.05) is 62.4 Å². The lowest BCUT2D eigenvalue weighted by atomic mass is 10.1. The summed E-state index contributed by atoms with van der Waals surface area (Å²) in [6.45, 7) is 3.80. The Balaban J connectivity index is 1.86. The third-order valence-corrected chi connectivity index (χ3v) is 4.39. The number of fused-ring (bicyclic) bond motifs is 1. The van der Waals surface area contributed by atoms with E-state index in [2.05, 4.69) is 10.1 Å². The molecule has 3 aromatic rings. The maximum Gasteiger partial charge on any atom is 0.278 e. The fourth-order valence-corrected chi connectivity index (χ4v) is 3.04. The number of aromatic amines is 1. The lowest BCUT2D eigenvalue weighted by Gasteiger charge is -2.03. The molecule has 2 heterocycles. The van der Waals surface area contributed by atoms with Crippen molar-refractivity contribution < 1.29 is 4.79 Å². The molecule has 1 aromatic heterocycles. The lowest BCUT2D eigenvalue weighted by molar-refractivity contribution is -0.114. The summed E-state index contributed by atoms with van der Waals surface area (Å²) < 4.78 is 1.48. The van der Waals surface area contributed by atoms with Gasteiger partial charge in [0.1, 0.15) is 0 Å². The van der Waals surface area contributed by atoms with Crippen molar-refractivity contribution >= 4 is 18.1 Å². The average Bonchev–Trinajstić information content (AvgIpc) is 2.91. The summed E-state index contributed by atoms with van der Waals surface area (Å²) in [7, 11) is 0. The molecule has 1 aliphatic rings. The maximum atomic E-state index is 12.8. The van der Waals surface area contributed by atoms with Crippen molar-refractivity contribution in [3.8, 4) is 5.69 Å². The highest BCUT2D eigenvalue weighted by atomic mass is 16.1. The van der Waals surface area contributed by atoms with Crippen molar-refractivity contribution in [2.45, 2.75) is 13.8 Å². The SMILES string of the molecule is Cc1ccc2c(c1)=CC(=Cc1c(C)[nH]n(-c3ccccc3)c1=O)C(=O)N=2. The number of para-hydroxylation sites is 1. The Hall–Kier alpha value is -3.47. The highest BCUT2D eigenvalue weighted by molar-refractivity contribution is 6.07. The highest BCUT2D eigenvalue weighted by Crippen LogP contribution is 2.13. The van der Waals surface area contributed by atoms with Crippen LogP contribution in [-0.2, 0) is 4.79 Å². The first-order valence-corrected chi connectivity index (χ1v) is 8.33. The summed E-state index contributed by atoms with van der Waals surface area (Å²) in [5.74, 6) is -0.340. The van der Waals surface area contributed by atoms with Crippen molar-refractivity contribution in [1.29, 1.82) is 0 Å². The Bertz CT molecular complexity index is 1230. The van der Waals surface area contributed by atoms with Crippen molar-refractivity contribution in [3.63, 3.8) is 0 Å². The van der Waals surface area contributed by atoms with Gasteiger partial charge in [0.05, 0.1) is 16.6 Å². The first-order chi connectivity index (χ1) is 12.5. The van der Waals surface area contributed by atoms with Gasteiger partial charge in [0, 0.05) is 16.5 Å². The molecule has 26 heavy (non-hydrogen) atoms. The minimum atomic E-state index is -0.340. The molecule has 0 saturated heterocycles. The molecule has 5 nitrogen and oxygen atoms in total. The zero-order valence-electron chi connectivity index (χ0n) is 14.5. The molecule has 1 aliphatic heterocycles. The van der Waals surface area contributed by atoms with Gasteiger partial charge in [-0.05, 0) is 50.3 Å². The van der Waals surface area contributed by atoms with E-state index in [1.165, 1.54) is 4.68 Å². The van der Waals surface area contributed by atoms with Gasteiger partial charge in [0.15, 0.2) is 0 Å².